The van der Waals surface area contributed by atoms with Crippen LogP contribution in [0.2, 0.25) is 0 Å². The molecule has 0 saturated carbocycles. The molecular weight excluding hydrogens is 342 g/mol. The van der Waals surface area contributed by atoms with Crippen LogP contribution in [-0.2, 0) is 10.0 Å². The van der Waals surface area contributed by atoms with E-state index < -0.39 is 10.0 Å². The van der Waals surface area contributed by atoms with E-state index >= 15 is 0 Å². The van der Waals surface area contributed by atoms with Crippen molar-refractivity contribution in [3.05, 3.63) is 59.5 Å². The number of primary sulfonamides is 1. The highest BCUT2D eigenvalue weighted by molar-refractivity contribution is 7.89. The average molecular weight is 359 g/mol. The van der Waals surface area contributed by atoms with Crippen molar-refractivity contribution < 1.29 is 13.2 Å². The lowest BCUT2D eigenvalue weighted by molar-refractivity contribution is 0.0940. The Hall–Kier alpha value is -2.78. The summed E-state index contributed by atoms with van der Waals surface area (Å²) in [5, 5.41) is 12.2. The first-order valence-electron chi connectivity index (χ1n) is 7.51. The number of aryl methyl sites for hydroxylation is 1. The largest absolute Gasteiger partial charge is 0.345 e. The third kappa shape index (κ3) is 3.37. The molecule has 2 aromatic heterocycles. The molecule has 0 radical (unpaired) electrons. The number of benzene rings is 1. The predicted molar refractivity (Wildman–Crippen MR) is 91.4 cm³/mol. The molecule has 25 heavy (non-hydrogen) atoms. The van der Waals surface area contributed by atoms with Crippen molar-refractivity contribution in [1.29, 1.82) is 0 Å². The van der Waals surface area contributed by atoms with Gasteiger partial charge in [-0.3, -0.25) is 4.79 Å². The summed E-state index contributed by atoms with van der Waals surface area (Å²) in [4.78, 5) is 16.9. The third-order valence-electron chi connectivity index (χ3n) is 3.85. The van der Waals surface area contributed by atoms with Gasteiger partial charge in [-0.2, -0.15) is 5.10 Å². The summed E-state index contributed by atoms with van der Waals surface area (Å²) in [6, 6.07) is 7.46. The highest BCUT2D eigenvalue weighted by Crippen LogP contribution is 2.18. The molecule has 3 aromatic rings. The SMILES string of the molecule is Cc1nn2cccnc2c1C(=O)NC(C)c1ccc(S(N)(=O)=O)cc1. The van der Waals surface area contributed by atoms with E-state index in [4.69, 9.17) is 5.14 Å². The van der Waals surface area contributed by atoms with Gasteiger partial charge in [0.25, 0.3) is 5.91 Å². The minimum atomic E-state index is -3.74. The fourth-order valence-corrected chi connectivity index (χ4v) is 3.08. The summed E-state index contributed by atoms with van der Waals surface area (Å²) in [6.45, 7) is 3.55. The third-order valence-corrected chi connectivity index (χ3v) is 4.78. The van der Waals surface area contributed by atoms with Gasteiger partial charge in [-0.25, -0.2) is 23.1 Å². The molecule has 130 valence electrons. The van der Waals surface area contributed by atoms with Crippen molar-refractivity contribution in [1.82, 2.24) is 19.9 Å². The maximum atomic E-state index is 12.6. The molecule has 9 heteroatoms. The second-order valence-electron chi connectivity index (χ2n) is 5.66. The summed E-state index contributed by atoms with van der Waals surface area (Å²) in [5.74, 6) is -0.297. The first kappa shape index (κ1) is 17.1. The number of carbonyl (C=O) groups is 1. The van der Waals surface area contributed by atoms with Gasteiger partial charge < -0.3 is 5.32 Å². The topological polar surface area (TPSA) is 119 Å². The smallest absolute Gasteiger partial charge is 0.257 e. The van der Waals surface area contributed by atoms with Crippen molar-refractivity contribution in [2.75, 3.05) is 0 Å². The van der Waals surface area contributed by atoms with Gasteiger partial charge in [-0.1, -0.05) is 12.1 Å². The molecule has 0 bridgehead atoms. The lowest BCUT2D eigenvalue weighted by Gasteiger charge is -2.14. The number of fused-ring (bicyclic) bond motifs is 1. The predicted octanol–water partition coefficient (Wildman–Crippen LogP) is 1.18. The van der Waals surface area contributed by atoms with E-state index in [-0.39, 0.29) is 16.8 Å². The van der Waals surface area contributed by atoms with Gasteiger partial charge in [-0.05, 0) is 37.6 Å². The van der Waals surface area contributed by atoms with Gasteiger partial charge in [0.15, 0.2) is 5.65 Å². The Balaban J connectivity index is 1.84. The van der Waals surface area contributed by atoms with Crippen LogP contribution in [0.5, 0.6) is 0 Å². The molecular formula is C16H17N5O3S. The molecule has 0 fully saturated rings. The van der Waals surface area contributed by atoms with Gasteiger partial charge in [0.2, 0.25) is 10.0 Å². The molecule has 3 rings (SSSR count). The average Bonchev–Trinajstić information content (AvgIpc) is 2.89. The standard InChI is InChI=1S/C16H17N5O3S/c1-10(12-4-6-13(7-5-12)25(17,23)24)19-16(22)14-11(2)20-21-9-3-8-18-15(14)21/h3-10H,1-2H3,(H,19,22)(H2,17,23,24). The van der Waals surface area contributed by atoms with Crippen molar-refractivity contribution in [3.63, 3.8) is 0 Å². The van der Waals surface area contributed by atoms with Gasteiger partial charge >= 0.3 is 0 Å². The highest BCUT2D eigenvalue weighted by Gasteiger charge is 2.20. The first-order chi connectivity index (χ1) is 11.8. The van der Waals surface area contributed by atoms with E-state index in [1.54, 1.807) is 49.0 Å². The van der Waals surface area contributed by atoms with Gasteiger partial charge in [0.1, 0.15) is 5.56 Å². The minimum Gasteiger partial charge on any atom is -0.345 e. The van der Waals surface area contributed by atoms with Crippen LogP contribution in [-0.4, -0.2) is 28.9 Å². The molecule has 1 aromatic carbocycles. The molecule has 1 atom stereocenters. The number of nitrogens with two attached hydrogens (primary N) is 1. The first-order valence-corrected chi connectivity index (χ1v) is 9.05. The molecule has 2 heterocycles. The Labute approximate surface area is 144 Å². The Bertz CT molecular complexity index is 1040. The van der Waals surface area contributed by atoms with E-state index in [9.17, 15) is 13.2 Å². The number of nitrogens with one attached hydrogen (secondary N) is 1. The fourth-order valence-electron chi connectivity index (χ4n) is 2.56. The molecule has 8 nitrogen and oxygen atoms in total. The summed E-state index contributed by atoms with van der Waals surface area (Å²) in [6.07, 6.45) is 3.32. The summed E-state index contributed by atoms with van der Waals surface area (Å²) >= 11 is 0. The molecule has 0 saturated heterocycles. The second kappa shape index (κ2) is 6.26. The number of aromatic nitrogens is 3. The van der Waals surface area contributed by atoms with Gasteiger partial charge in [0, 0.05) is 12.4 Å². The number of amides is 1. The molecule has 0 aliphatic carbocycles. The maximum absolute atomic E-state index is 12.6. The number of rotatable bonds is 4. The zero-order valence-corrected chi connectivity index (χ0v) is 14.5. The van der Waals surface area contributed by atoms with E-state index in [2.05, 4.69) is 15.4 Å². The molecule has 1 amide bonds. The van der Waals surface area contributed by atoms with Gasteiger partial charge in [0.05, 0.1) is 16.6 Å². The van der Waals surface area contributed by atoms with Crippen LogP contribution in [0, 0.1) is 6.92 Å². The second-order valence-corrected chi connectivity index (χ2v) is 7.22. The molecule has 3 N–H and O–H groups in total. The normalized spacial score (nSPS) is 12.9. The number of hydrogen-bond donors (Lipinski definition) is 2. The van der Waals surface area contributed by atoms with Crippen molar-refractivity contribution in [2.45, 2.75) is 24.8 Å². The van der Waals surface area contributed by atoms with Crippen molar-refractivity contribution in [3.8, 4) is 0 Å². The Morgan fingerprint density at radius 2 is 1.96 bits per heavy atom. The number of sulfonamides is 1. The van der Waals surface area contributed by atoms with E-state index in [1.165, 1.54) is 12.1 Å². The number of hydrogen-bond acceptors (Lipinski definition) is 5. The van der Waals surface area contributed by atoms with Crippen LogP contribution in [0.1, 0.15) is 34.6 Å². The van der Waals surface area contributed by atoms with E-state index in [0.29, 0.717) is 16.9 Å². The zero-order valence-electron chi connectivity index (χ0n) is 13.7. The summed E-state index contributed by atoms with van der Waals surface area (Å²) in [5.41, 5.74) is 2.22. The number of carbonyl (C=O) groups excluding carboxylic acids is 1. The maximum Gasteiger partial charge on any atom is 0.257 e. The van der Waals surface area contributed by atoms with Crippen LogP contribution in [0.25, 0.3) is 5.65 Å². The fraction of sp³-hybridized carbons (Fsp3) is 0.188. The Morgan fingerprint density at radius 3 is 2.60 bits per heavy atom. The van der Waals surface area contributed by atoms with Crippen LogP contribution >= 0.6 is 0 Å². The van der Waals surface area contributed by atoms with Gasteiger partial charge in [-0.15, -0.1) is 0 Å². The lowest BCUT2D eigenvalue weighted by atomic mass is 10.1. The van der Waals surface area contributed by atoms with Crippen molar-refractivity contribution in [2.24, 2.45) is 5.14 Å². The Kier molecular flexibility index (Phi) is 4.27. The Morgan fingerprint density at radius 1 is 1.28 bits per heavy atom. The van der Waals surface area contributed by atoms with Crippen molar-refractivity contribution >= 4 is 21.6 Å². The lowest BCUT2D eigenvalue weighted by Crippen LogP contribution is -2.27. The molecule has 0 aliphatic rings. The van der Waals surface area contributed by atoms with E-state index in [1.807, 2.05) is 0 Å². The minimum absolute atomic E-state index is 0.0254. The van der Waals surface area contributed by atoms with Crippen LogP contribution in [0.4, 0.5) is 0 Å². The molecule has 0 aliphatic heterocycles. The highest BCUT2D eigenvalue weighted by atomic mass is 32.2. The van der Waals surface area contributed by atoms with Crippen LogP contribution < -0.4 is 10.5 Å². The molecule has 0 spiro atoms. The quantitative estimate of drug-likeness (QED) is 0.725. The zero-order chi connectivity index (χ0) is 18.2. The monoisotopic (exact) mass is 359 g/mol. The van der Waals surface area contributed by atoms with Crippen LogP contribution in [0.15, 0.2) is 47.6 Å². The summed E-state index contributed by atoms with van der Waals surface area (Å²) in [7, 11) is -3.74. The van der Waals surface area contributed by atoms with Crippen LogP contribution in [0.3, 0.4) is 0 Å². The molecule has 1 unspecified atom stereocenters. The van der Waals surface area contributed by atoms with E-state index in [0.717, 1.165) is 5.56 Å². The number of nitrogens with zero attached hydrogens (tertiary/aromatic N) is 3. The summed E-state index contributed by atoms with van der Waals surface area (Å²) < 4.78 is 24.2.